The molecule has 3 aromatic rings. The molecule has 0 radical (unpaired) electrons. The first-order chi connectivity index (χ1) is 13.0. The number of aliphatic imine (C=N–C) groups is 1. The summed E-state index contributed by atoms with van der Waals surface area (Å²) in [4.78, 5) is 12.5. The van der Waals surface area contributed by atoms with Crippen molar-refractivity contribution in [2.75, 3.05) is 6.54 Å². The van der Waals surface area contributed by atoms with Gasteiger partial charge < -0.3 is 10.6 Å². The van der Waals surface area contributed by atoms with E-state index in [9.17, 15) is 13.2 Å². The quantitative estimate of drug-likeness (QED) is 0.509. The van der Waals surface area contributed by atoms with Gasteiger partial charge in [-0.2, -0.15) is 13.2 Å². The summed E-state index contributed by atoms with van der Waals surface area (Å²) in [7, 11) is 0. The first kappa shape index (κ1) is 19.1. The van der Waals surface area contributed by atoms with E-state index in [0.29, 0.717) is 24.1 Å². The summed E-state index contributed by atoms with van der Waals surface area (Å²) in [5, 5.41) is 8.50. The number of alkyl halides is 3. The molecule has 0 aliphatic heterocycles. The van der Waals surface area contributed by atoms with Crippen LogP contribution >= 0.6 is 11.3 Å². The number of fused-ring (bicyclic) bond motifs is 1. The number of nitrogens with zero attached hydrogens (tertiary/aromatic N) is 3. The van der Waals surface area contributed by atoms with E-state index < -0.39 is 11.9 Å². The van der Waals surface area contributed by atoms with E-state index in [4.69, 9.17) is 0 Å². The standard InChI is InChI=1S/C18H18F3N5S/c1-2-22-17(25-10-16-26-15(11-27-16)18(19,20)21)24-9-12-7-8-23-14-6-4-3-5-13(12)14/h3-8,11H,2,9-10H2,1H3,(H2,22,24,25). The van der Waals surface area contributed by atoms with Gasteiger partial charge in [-0.05, 0) is 24.6 Å². The van der Waals surface area contributed by atoms with Crippen molar-refractivity contribution in [1.82, 2.24) is 20.6 Å². The molecule has 0 aliphatic rings. The Morgan fingerprint density at radius 1 is 1.19 bits per heavy atom. The van der Waals surface area contributed by atoms with Gasteiger partial charge in [0, 0.05) is 23.5 Å². The van der Waals surface area contributed by atoms with Crippen LogP contribution in [0.5, 0.6) is 0 Å². The maximum absolute atomic E-state index is 12.6. The Morgan fingerprint density at radius 3 is 2.74 bits per heavy atom. The van der Waals surface area contributed by atoms with Crippen molar-refractivity contribution in [1.29, 1.82) is 0 Å². The molecule has 0 unspecified atom stereocenters. The van der Waals surface area contributed by atoms with Crippen LogP contribution in [0.1, 0.15) is 23.2 Å². The maximum atomic E-state index is 12.6. The van der Waals surface area contributed by atoms with Crippen LogP contribution in [0.15, 0.2) is 46.9 Å². The number of halogens is 3. The van der Waals surface area contributed by atoms with Gasteiger partial charge >= 0.3 is 6.18 Å². The van der Waals surface area contributed by atoms with Gasteiger partial charge in [-0.1, -0.05) is 18.2 Å². The van der Waals surface area contributed by atoms with E-state index in [0.717, 1.165) is 33.2 Å². The smallest absolute Gasteiger partial charge is 0.357 e. The zero-order valence-corrected chi connectivity index (χ0v) is 15.4. The first-order valence-electron chi connectivity index (χ1n) is 8.33. The predicted molar refractivity (Wildman–Crippen MR) is 101 cm³/mol. The van der Waals surface area contributed by atoms with E-state index in [1.54, 1.807) is 6.20 Å². The van der Waals surface area contributed by atoms with Gasteiger partial charge in [0.1, 0.15) is 5.01 Å². The summed E-state index contributed by atoms with van der Waals surface area (Å²) in [5.74, 6) is 0.516. The minimum absolute atomic E-state index is 0.170. The summed E-state index contributed by atoms with van der Waals surface area (Å²) < 4.78 is 37.9. The van der Waals surface area contributed by atoms with Crippen molar-refractivity contribution in [3.8, 4) is 0 Å². The molecule has 0 amide bonds. The Balaban J connectivity index is 1.70. The van der Waals surface area contributed by atoms with Crippen LogP contribution in [-0.4, -0.2) is 22.5 Å². The third-order valence-electron chi connectivity index (χ3n) is 3.74. The number of hydrogen-bond acceptors (Lipinski definition) is 4. The second-order valence-electron chi connectivity index (χ2n) is 5.66. The number of nitrogens with one attached hydrogen (secondary N) is 2. The minimum atomic E-state index is -4.42. The molecule has 0 fully saturated rings. The van der Waals surface area contributed by atoms with Crippen LogP contribution in [0, 0.1) is 0 Å². The molecule has 142 valence electrons. The summed E-state index contributed by atoms with van der Waals surface area (Å²) in [6, 6.07) is 9.71. The highest BCUT2D eigenvalue weighted by Gasteiger charge is 2.33. The van der Waals surface area contributed by atoms with E-state index in [1.165, 1.54) is 0 Å². The number of benzene rings is 1. The molecule has 1 aromatic carbocycles. The molecule has 0 spiro atoms. The summed E-state index contributed by atoms with van der Waals surface area (Å²) >= 11 is 0.968. The maximum Gasteiger partial charge on any atom is 0.434 e. The van der Waals surface area contributed by atoms with E-state index >= 15 is 0 Å². The Kier molecular flexibility index (Phi) is 5.90. The summed E-state index contributed by atoms with van der Waals surface area (Å²) in [5.41, 5.74) is 1.05. The molecular formula is C18H18F3N5S. The number of guanidine groups is 1. The fourth-order valence-corrected chi connectivity index (χ4v) is 3.22. The molecular weight excluding hydrogens is 375 g/mol. The zero-order valence-electron chi connectivity index (χ0n) is 14.5. The van der Waals surface area contributed by atoms with E-state index in [1.807, 2.05) is 37.3 Å². The van der Waals surface area contributed by atoms with Gasteiger partial charge in [-0.25, -0.2) is 9.98 Å². The van der Waals surface area contributed by atoms with E-state index in [2.05, 4.69) is 25.6 Å². The lowest BCUT2D eigenvalue weighted by Gasteiger charge is -2.11. The Labute approximate surface area is 158 Å². The molecule has 2 N–H and O–H groups in total. The van der Waals surface area contributed by atoms with Crippen LogP contribution in [0.2, 0.25) is 0 Å². The molecule has 9 heteroatoms. The molecule has 0 saturated carbocycles. The van der Waals surface area contributed by atoms with Gasteiger partial charge in [0.25, 0.3) is 0 Å². The molecule has 3 rings (SSSR count). The monoisotopic (exact) mass is 393 g/mol. The van der Waals surface area contributed by atoms with Crippen LogP contribution in [0.3, 0.4) is 0 Å². The second-order valence-corrected chi connectivity index (χ2v) is 6.60. The fourth-order valence-electron chi connectivity index (χ4n) is 2.48. The van der Waals surface area contributed by atoms with Crippen molar-refractivity contribution >= 4 is 28.2 Å². The average Bonchev–Trinajstić information content (AvgIpc) is 3.13. The van der Waals surface area contributed by atoms with Gasteiger partial charge in [0.2, 0.25) is 0 Å². The number of thiazole rings is 1. The van der Waals surface area contributed by atoms with Crippen LogP contribution in [0.25, 0.3) is 10.9 Å². The van der Waals surface area contributed by atoms with Crippen molar-refractivity contribution in [2.45, 2.75) is 26.2 Å². The Hall–Kier alpha value is -2.68. The molecule has 5 nitrogen and oxygen atoms in total. The predicted octanol–water partition coefficient (Wildman–Crippen LogP) is 3.97. The summed E-state index contributed by atoms with van der Waals surface area (Å²) in [6.07, 6.45) is -2.68. The van der Waals surface area contributed by atoms with Gasteiger partial charge in [0.15, 0.2) is 11.7 Å². The normalized spacial score (nSPS) is 12.4. The molecule has 0 aliphatic carbocycles. The largest absolute Gasteiger partial charge is 0.434 e. The van der Waals surface area contributed by atoms with E-state index in [-0.39, 0.29) is 6.54 Å². The molecule has 0 atom stereocenters. The highest BCUT2D eigenvalue weighted by molar-refractivity contribution is 7.09. The second kappa shape index (κ2) is 8.34. The number of para-hydroxylation sites is 1. The number of hydrogen-bond donors (Lipinski definition) is 2. The highest BCUT2D eigenvalue weighted by atomic mass is 32.1. The van der Waals surface area contributed by atoms with Gasteiger partial charge in [-0.3, -0.25) is 4.98 Å². The molecule has 2 aromatic heterocycles. The Morgan fingerprint density at radius 2 is 2.00 bits per heavy atom. The fraction of sp³-hybridized carbons (Fsp3) is 0.278. The molecule has 0 bridgehead atoms. The number of rotatable bonds is 5. The zero-order chi connectivity index (χ0) is 19.3. The lowest BCUT2D eigenvalue weighted by molar-refractivity contribution is -0.140. The van der Waals surface area contributed by atoms with Gasteiger partial charge in [-0.15, -0.1) is 11.3 Å². The summed E-state index contributed by atoms with van der Waals surface area (Å²) in [6.45, 7) is 3.15. The van der Waals surface area contributed by atoms with Gasteiger partial charge in [0.05, 0.1) is 18.6 Å². The topological polar surface area (TPSA) is 62.2 Å². The number of aromatic nitrogens is 2. The lowest BCUT2D eigenvalue weighted by Crippen LogP contribution is -2.36. The van der Waals surface area contributed by atoms with Crippen LogP contribution in [0.4, 0.5) is 13.2 Å². The minimum Gasteiger partial charge on any atom is -0.357 e. The van der Waals surface area contributed by atoms with Crippen molar-refractivity contribution in [2.24, 2.45) is 4.99 Å². The van der Waals surface area contributed by atoms with Crippen LogP contribution in [-0.2, 0) is 19.3 Å². The Bertz CT molecular complexity index is 931. The average molecular weight is 393 g/mol. The third-order valence-corrected chi connectivity index (χ3v) is 4.59. The highest BCUT2D eigenvalue weighted by Crippen LogP contribution is 2.29. The number of pyridine rings is 1. The SMILES string of the molecule is CCNC(=NCc1ccnc2ccccc12)NCc1nc(C(F)(F)F)cs1. The first-order valence-corrected chi connectivity index (χ1v) is 9.21. The van der Waals surface area contributed by atoms with Crippen molar-refractivity contribution in [3.05, 3.63) is 58.2 Å². The lowest BCUT2D eigenvalue weighted by atomic mass is 10.1. The van der Waals surface area contributed by atoms with Crippen LogP contribution < -0.4 is 10.6 Å². The molecule has 27 heavy (non-hydrogen) atoms. The van der Waals surface area contributed by atoms with Crippen molar-refractivity contribution < 1.29 is 13.2 Å². The molecule has 2 heterocycles. The third kappa shape index (κ3) is 4.94. The van der Waals surface area contributed by atoms with Crippen molar-refractivity contribution in [3.63, 3.8) is 0 Å². The molecule has 0 saturated heterocycles.